The minimum atomic E-state index is -0.0354. The highest BCUT2D eigenvalue weighted by molar-refractivity contribution is 7.14. The average molecular weight is 337 g/mol. The van der Waals surface area contributed by atoms with E-state index in [1.165, 1.54) is 22.5 Å². The number of benzene rings is 1. The van der Waals surface area contributed by atoms with E-state index in [2.05, 4.69) is 46.6 Å². The molecule has 0 aliphatic carbocycles. The van der Waals surface area contributed by atoms with Crippen LogP contribution >= 0.6 is 11.3 Å². The summed E-state index contributed by atoms with van der Waals surface area (Å²) in [6.45, 7) is 2.58. The van der Waals surface area contributed by atoms with Gasteiger partial charge in [0.1, 0.15) is 11.1 Å². The van der Waals surface area contributed by atoms with Crippen molar-refractivity contribution in [3.8, 4) is 6.07 Å². The van der Waals surface area contributed by atoms with Crippen LogP contribution in [0.1, 0.15) is 24.0 Å². The molecule has 1 aromatic heterocycles. The Morgan fingerprint density at radius 2 is 2.12 bits per heavy atom. The van der Waals surface area contributed by atoms with E-state index in [0.717, 1.165) is 26.1 Å². The number of hydrogen-bond donors (Lipinski definition) is 1. The zero-order chi connectivity index (χ0) is 16.8. The number of carbonyl (C=O) groups is 1. The highest BCUT2D eigenvalue weighted by Gasteiger charge is 2.14. The van der Waals surface area contributed by atoms with Crippen LogP contribution < -0.4 is 5.32 Å². The monoisotopic (exact) mass is 337 g/mol. The number of amides is 1. The van der Waals surface area contributed by atoms with E-state index in [9.17, 15) is 4.79 Å². The molecule has 0 atom stereocenters. The molecule has 1 aliphatic rings. The molecule has 0 saturated heterocycles. The van der Waals surface area contributed by atoms with Crippen LogP contribution in [0.5, 0.6) is 0 Å². The van der Waals surface area contributed by atoms with Crippen molar-refractivity contribution in [2.75, 3.05) is 25.0 Å². The third-order valence-electron chi connectivity index (χ3n) is 4.13. The van der Waals surface area contributed by atoms with E-state index in [1.54, 1.807) is 6.07 Å². The van der Waals surface area contributed by atoms with Crippen molar-refractivity contribution in [3.63, 3.8) is 0 Å². The van der Waals surface area contributed by atoms with Gasteiger partial charge in [0, 0.05) is 26.1 Å². The van der Waals surface area contributed by atoms with E-state index in [4.69, 9.17) is 5.26 Å². The summed E-state index contributed by atoms with van der Waals surface area (Å²) in [6.07, 6.45) is 3.70. The second kappa shape index (κ2) is 7.91. The third-order valence-corrected chi connectivity index (χ3v) is 4.96. The molecule has 2 aromatic rings. The maximum Gasteiger partial charge on any atom is 0.226 e. The summed E-state index contributed by atoms with van der Waals surface area (Å²) in [4.78, 5) is 14.3. The van der Waals surface area contributed by atoms with E-state index >= 15 is 0 Å². The Kier molecular flexibility index (Phi) is 5.42. The van der Waals surface area contributed by atoms with Crippen LogP contribution in [0.3, 0.4) is 0 Å². The fraction of sp³-hybridized carbons (Fsp3) is 0.263. The average Bonchev–Trinajstić information content (AvgIpc) is 3.08. The molecule has 0 spiro atoms. The summed E-state index contributed by atoms with van der Waals surface area (Å²) in [5, 5.41) is 14.3. The lowest BCUT2D eigenvalue weighted by molar-refractivity contribution is -0.116. The summed E-state index contributed by atoms with van der Waals surface area (Å²) in [5.74, 6) is -0.0354. The van der Waals surface area contributed by atoms with Crippen molar-refractivity contribution in [2.45, 2.75) is 12.8 Å². The molecule has 5 heteroatoms. The van der Waals surface area contributed by atoms with Crippen LogP contribution in [0.2, 0.25) is 0 Å². The van der Waals surface area contributed by atoms with Gasteiger partial charge in [-0.05, 0) is 29.0 Å². The summed E-state index contributed by atoms with van der Waals surface area (Å²) >= 11 is 1.38. The summed E-state index contributed by atoms with van der Waals surface area (Å²) in [6, 6.07) is 14.2. The van der Waals surface area contributed by atoms with Gasteiger partial charge in [-0.25, -0.2) is 0 Å². The quantitative estimate of drug-likeness (QED) is 0.904. The van der Waals surface area contributed by atoms with E-state index in [0.29, 0.717) is 17.0 Å². The Morgan fingerprint density at radius 3 is 2.83 bits per heavy atom. The van der Waals surface area contributed by atoms with Crippen molar-refractivity contribution in [3.05, 3.63) is 59.0 Å². The fourth-order valence-electron chi connectivity index (χ4n) is 2.77. The first-order valence-corrected chi connectivity index (χ1v) is 8.88. The normalized spacial score (nSPS) is 14.7. The van der Waals surface area contributed by atoms with Crippen LogP contribution in [0.15, 0.2) is 47.9 Å². The van der Waals surface area contributed by atoms with Gasteiger partial charge in [0.25, 0.3) is 0 Å². The molecule has 24 heavy (non-hydrogen) atoms. The van der Waals surface area contributed by atoms with E-state index in [-0.39, 0.29) is 5.91 Å². The van der Waals surface area contributed by atoms with Gasteiger partial charge in [-0.3, -0.25) is 9.69 Å². The zero-order valence-electron chi connectivity index (χ0n) is 13.4. The van der Waals surface area contributed by atoms with Gasteiger partial charge in [0.05, 0.1) is 5.56 Å². The zero-order valence-corrected chi connectivity index (χ0v) is 14.2. The number of hydrogen-bond acceptors (Lipinski definition) is 4. The Labute approximate surface area is 146 Å². The molecule has 1 N–H and O–H groups in total. The van der Waals surface area contributed by atoms with Crippen LogP contribution in [-0.2, 0) is 4.79 Å². The first-order chi connectivity index (χ1) is 11.8. The second-order valence-corrected chi connectivity index (χ2v) is 6.64. The minimum absolute atomic E-state index is 0.0354. The molecule has 0 unspecified atom stereocenters. The molecule has 3 rings (SSSR count). The first-order valence-electron chi connectivity index (χ1n) is 8.00. The largest absolute Gasteiger partial charge is 0.317 e. The van der Waals surface area contributed by atoms with Crippen molar-refractivity contribution >= 4 is 27.8 Å². The van der Waals surface area contributed by atoms with Gasteiger partial charge in [0.2, 0.25) is 5.91 Å². The molecule has 0 radical (unpaired) electrons. The molecule has 0 bridgehead atoms. The maximum absolute atomic E-state index is 12.1. The lowest BCUT2D eigenvalue weighted by atomic mass is 9.99. The van der Waals surface area contributed by atoms with Crippen molar-refractivity contribution in [1.82, 2.24) is 4.90 Å². The molecular formula is C19H19N3OS. The van der Waals surface area contributed by atoms with Crippen LogP contribution in [-0.4, -0.2) is 30.4 Å². The van der Waals surface area contributed by atoms with Crippen molar-refractivity contribution < 1.29 is 4.79 Å². The highest BCUT2D eigenvalue weighted by Crippen LogP contribution is 2.23. The van der Waals surface area contributed by atoms with Crippen LogP contribution in [0.25, 0.3) is 5.57 Å². The number of rotatable bonds is 5. The molecule has 2 heterocycles. The Bertz CT molecular complexity index is 773. The van der Waals surface area contributed by atoms with Crippen molar-refractivity contribution in [1.29, 1.82) is 5.26 Å². The molecule has 122 valence electrons. The predicted molar refractivity (Wildman–Crippen MR) is 97.8 cm³/mol. The standard InChI is InChI=1S/C19H19N3OS/c20-14-17-9-13-24-19(17)21-18(23)8-12-22-10-6-16(7-11-22)15-4-2-1-3-5-15/h1-6,9,13H,7-8,10-12H2,(H,21,23). The van der Waals surface area contributed by atoms with Crippen LogP contribution in [0, 0.1) is 11.3 Å². The number of anilines is 1. The van der Waals surface area contributed by atoms with Gasteiger partial charge < -0.3 is 5.32 Å². The maximum atomic E-state index is 12.1. The highest BCUT2D eigenvalue weighted by atomic mass is 32.1. The predicted octanol–water partition coefficient (Wildman–Crippen LogP) is 3.74. The molecule has 1 aliphatic heterocycles. The second-order valence-electron chi connectivity index (χ2n) is 5.72. The number of nitriles is 1. The Balaban J connectivity index is 1.47. The molecular weight excluding hydrogens is 318 g/mol. The minimum Gasteiger partial charge on any atom is -0.317 e. The topological polar surface area (TPSA) is 56.1 Å². The summed E-state index contributed by atoms with van der Waals surface area (Å²) in [5.41, 5.74) is 3.20. The Hall–Kier alpha value is -2.42. The van der Waals surface area contributed by atoms with Gasteiger partial charge in [-0.1, -0.05) is 36.4 Å². The van der Waals surface area contributed by atoms with Gasteiger partial charge >= 0.3 is 0 Å². The first kappa shape index (κ1) is 16.4. The molecule has 1 amide bonds. The summed E-state index contributed by atoms with van der Waals surface area (Å²) < 4.78 is 0. The molecule has 0 saturated carbocycles. The van der Waals surface area contributed by atoms with E-state index < -0.39 is 0 Å². The number of nitrogens with one attached hydrogen (secondary N) is 1. The number of thiophene rings is 1. The summed E-state index contributed by atoms with van der Waals surface area (Å²) in [7, 11) is 0. The van der Waals surface area contributed by atoms with Gasteiger partial charge in [0.15, 0.2) is 0 Å². The van der Waals surface area contributed by atoms with Gasteiger partial charge in [-0.15, -0.1) is 11.3 Å². The lowest BCUT2D eigenvalue weighted by Gasteiger charge is -2.26. The van der Waals surface area contributed by atoms with Gasteiger partial charge in [-0.2, -0.15) is 5.26 Å². The van der Waals surface area contributed by atoms with Crippen molar-refractivity contribution in [2.24, 2.45) is 0 Å². The molecule has 1 aromatic carbocycles. The fourth-order valence-corrected chi connectivity index (χ4v) is 3.53. The third kappa shape index (κ3) is 4.10. The molecule has 0 fully saturated rings. The number of carbonyl (C=O) groups excluding carboxylic acids is 1. The van der Waals surface area contributed by atoms with Crippen LogP contribution in [0.4, 0.5) is 5.00 Å². The SMILES string of the molecule is N#Cc1ccsc1NC(=O)CCN1CC=C(c2ccccc2)CC1. The molecule has 4 nitrogen and oxygen atoms in total. The van der Waals surface area contributed by atoms with E-state index in [1.807, 2.05) is 11.4 Å². The smallest absolute Gasteiger partial charge is 0.226 e. The Morgan fingerprint density at radius 1 is 1.29 bits per heavy atom. The number of nitrogens with zero attached hydrogens (tertiary/aromatic N) is 2. The lowest BCUT2D eigenvalue weighted by Crippen LogP contribution is -2.31.